The van der Waals surface area contributed by atoms with E-state index in [1.54, 1.807) is 25.1 Å². The summed E-state index contributed by atoms with van der Waals surface area (Å²) in [5.74, 6) is 0.562. The van der Waals surface area contributed by atoms with E-state index in [9.17, 15) is 18.0 Å². The van der Waals surface area contributed by atoms with Gasteiger partial charge < -0.3 is 20.1 Å². The van der Waals surface area contributed by atoms with Crippen molar-refractivity contribution in [3.8, 4) is 11.5 Å². The molecule has 2 N–H and O–H groups in total. The van der Waals surface area contributed by atoms with Crippen LogP contribution in [0, 0.1) is 0 Å². The fourth-order valence-corrected chi connectivity index (χ4v) is 2.65. The topological polar surface area (TPSA) is 59.6 Å². The molecule has 0 radical (unpaired) electrons. The van der Waals surface area contributed by atoms with Crippen molar-refractivity contribution in [1.29, 1.82) is 0 Å². The molecule has 0 spiro atoms. The molecule has 30 heavy (non-hydrogen) atoms. The fraction of sp³-hybridized carbons (Fsp3) is 0.409. The number of carbonyl (C=O) groups excluding carboxylic acids is 1. The number of para-hydroxylation sites is 1. The monoisotopic (exact) mass is 424 g/mol. The molecule has 1 unspecified atom stereocenters. The van der Waals surface area contributed by atoms with Crippen LogP contribution in [0.4, 0.5) is 24.5 Å². The van der Waals surface area contributed by atoms with E-state index in [0.29, 0.717) is 30.4 Å². The molecule has 0 aliphatic rings. The minimum Gasteiger partial charge on any atom is -0.490 e. The normalized spacial score (nSPS) is 12.2. The Morgan fingerprint density at radius 3 is 2.27 bits per heavy atom. The minimum atomic E-state index is -4.56. The van der Waals surface area contributed by atoms with Crippen molar-refractivity contribution in [2.24, 2.45) is 0 Å². The van der Waals surface area contributed by atoms with Gasteiger partial charge in [0.2, 0.25) is 5.91 Å². The van der Waals surface area contributed by atoms with Crippen molar-refractivity contribution in [2.75, 3.05) is 23.8 Å². The molecular weight excluding hydrogens is 397 g/mol. The average Bonchev–Trinajstić information content (AvgIpc) is 2.71. The number of anilines is 2. The summed E-state index contributed by atoms with van der Waals surface area (Å²) in [6.07, 6.45) is -2.88. The molecule has 5 nitrogen and oxygen atoms in total. The molecule has 2 rings (SSSR count). The van der Waals surface area contributed by atoms with Gasteiger partial charge in [0.05, 0.1) is 24.5 Å². The number of alkyl halides is 3. The van der Waals surface area contributed by atoms with E-state index in [0.717, 1.165) is 18.9 Å². The maximum atomic E-state index is 13.1. The summed E-state index contributed by atoms with van der Waals surface area (Å²) >= 11 is 0. The van der Waals surface area contributed by atoms with Crippen molar-refractivity contribution in [3.05, 3.63) is 48.0 Å². The van der Waals surface area contributed by atoms with Crippen molar-refractivity contribution >= 4 is 17.3 Å². The zero-order valence-electron chi connectivity index (χ0n) is 17.3. The smallest absolute Gasteiger partial charge is 0.418 e. The number of ether oxygens (including phenoxy) is 2. The quantitative estimate of drug-likeness (QED) is 0.512. The third kappa shape index (κ3) is 6.57. The lowest BCUT2D eigenvalue weighted by Crippen LogP contribution is -2.32. The third-order valence-electron chi connectivity index (χ3n) is 4.13. The summed E-state index contributed by atoms with van der Waals surface area (Å²) in [4.78, 5) is 12.5. The van der Waals surface area contributed by atoms with Crippen molar-refractivity contribution in [2.45, 2.75) is 45.8 Å². The van der Waals surface area contributed by atoms with Gasteiger partial charge in [-0.25, -0.2) is 0 Å². The Bertz CT molecular complexity index is 841. The van der Waals surface area contributed by atoms with Gasteiger partial charge in [0, 0.05) is 11.8 Å². The number of rotatable bonds is 10. The number of benzene rings is 2. The Balaban J connectivity index is 2.11. The molecule has 0 heterocycles. The predicted molar refractivity (Wildman–Crippen MR) is 111 cm³/mol. The van der Waals surface area contributed by atoms with Gasteiger partial charge in [0.15, 0.2) is 11.5 Å². The Labute approximate surface area is 174 Å². The number of carbonyl (C=O) groups is 1. The molecule has 0 bridgehead atoms. The highest BCUT2D eigenvalue weighted by Gasteiger charge is 2.33. The van der Waals surface area contributed by atoms with Crippen LogP contribution in [0.15, 0.2) is 42.5 Å². The van der Waals surface area contributed by atoms with Crippen LogP contribution in [0.25, 0.3) is 0 Å². The first kappa shape index (κ1) is 23.4. The van der Waals surface area contributed by atoms with Gasteiger partial charge in [-0.15, -0.1) is 0 Å². The van der Waals surface area contributed by atoms with Crippen molar-refractivity contribution in [3.63, 3.8) is 0 Å². The van der Waals surface area contributed by atoms with E-state index in [1.807, 2.05) is 13.8 Å². The van der Waals surface area contributed by atoms with Crippen LogP contribution in [0.5, 0.6) is 11.5 Å². The maximum Gasteiger partial charge on any atom is 0.418 e. The molecule has 0 saturated carbocycles. The molecule has 0 aliphatic heterocycles. The Morgan fingerprint density at radius 1 is 1.00 bits per heavy atom. The van der Waals surface area contributed by atoms with Crippen LogP contribution in [0.1, 0.15) is 39.2 Å². The highest BCUT2D eigenvalue weighted by molar-refractivity contribution is 5.97. The van der Waals surface area contributed by atoms with E-state index in [2.05, 4.69) is 10.6 Å². The van der Waals surface area contributed by atoms with Crippen molar-refractivity contribution in [1.82, 2.24) is 0 Å². The number of halogens is 3. The van der Waals surface area contributed by atoms with E-state index in [1.165, 1.54) is 18.2 Å². The molecule has 1 amide bonds. The van der Waals surface area contributed by atoms with Crippen LogP contribution in [0.2, 0.25) is 0 Å². The summed E-state index contributed by atoms with van der Waals surface area (Å²) in [5.41, 5.74) is -0.575. The van der Waals surface area contributed by atoms with Crippen molar-refractivity contribution < 1.29 is 27.4 Å². The molecule has 8 heteroatoms. The molecule has 0 saturated heterocycles. The molecule has 0 aromatic heterocycles. The van der Waals surface area contributed by atoms with E-state index in [4.69, 9.17) is 9.47 Å². The Kier molecular flexibility index (Phi) is 8.38. The zero-order valence-corrected chi connectivity index (χ0v) is 17.3. The first-order valence-electron chi connectivity index (χ1n) is 9.89. The van der Waals surface area contributed by atoms with Crippen LogP contribution < -0.4 is 20.1 Å². The predicted octanol–water partition coefficient (Wildman–Crippen LogP) is 5.72. The average molecular weight is 424 g/mol. The Hall–Kier alpha value is -2.90. The maximum absolute atomic E-state index is 13.1. The van der Waals surface area contributed by atoms with Gasteiger partial charge in [-0.3, -0.25) is 4.79 Å². The lowest BCUT2D eigenvalue weighted by molar-refractivity contribution is -0.137. The van der Waals surface area contributed by atoms with Gasteiger partial charge in [-0.2, -0.15) is 13.2 Å². The molecular formula is C22H27F3N2O3. The zero-order chi connectivity index (χ0) is 22.1. The van der Waals surface area contributed by atoms with Crippen LogP contribution in [0.3, 0.4) is 0 Å². The van der Waals surface area contributed by atoms with Crippen LogP contribution >= 0.6 is 0 Å². The minimum absolute atomic E-state index is 0.279. The summed E-state index contributed by atoms with van der Waals surface area (Å²) in [7, 11) is 0. The number of amides is 1. The summed E-state index contributed by atoms with van der Waals surface area (Å²) in [6.45, 7) is 6.61. The lowest BCUT2D eigenvalue weighted by atomic mass is 10.1. The molecule has 2 aromatic rings. The van der Waals surface area contributed by atoms with E-state index >= 15 is 0 Å². The number of nitrogens with one attached hydrogen (secondary N) is 2. The second-order valence-electron chi connectivity index (χ2n) is 6.76. The summed E-state index contributed by atoms with van der Waals surface area (Å²) in [6, 6.07) is 9.28. The number of hydrogen-bond acceptors (Lipinski definition) is 4. The molecule has 2 aromatic carbocycles. The van der Waals surface area contributed by atoms with Gasteiger partial charge in [0.1, 0.15) is 6.04 Å². The first-order chi connectivity index (χ1) is 14.3. The molecule has 0 fully saturated rings. The van der Waals surface area contributed by atoms with Gasteiger partial charge >= 0.3 is 6.18 Å². The lowest BCUT2D eigenvalue weighted by Gasteiger charge is -2.19. The standard InChI is InChI=1S/C22H27F3N2O3/c1-4-12-29-19-11-10-16(14-20(19)30-13-5-2)26-15(3)21(28)27-18-9-7-6-8-17(18)22(23,24)25/h6-11,14-15,26H,4-5,12-13H2,1-3H3,(H,27,28). The highest BCUT2D eigenvalue weighted by Crippen LogP contribution is 2.35. The largest absolute Gasteiger partial charge is 0.490 e. The number of hydrogen-bond donors (Lipinski definition) is 2. The van der Waals surface area contributed by atoms with Gasteiger partial charge in [0.25, 0.3) is 0 Å². The van der Waals surface area contributed by atoms with Gasteiger partial charge in [-0.05, 0) is 44.0 Å². The summed E-state index contributed by atoms with van der Waals surface area (Å²) in [5, 5.41) is 5.34. The van der Waals surface area contributed by atoms with E-state index in [-0.39, 0.29) is 5.69 Å². The molecule has 1 atom stereocenters. The van der Waals surface area contributed by atoms with Crippen LogP contribution in [-0.4, -0.2) is 25.2 Å². The second kappa shape index (κ2) is 10.8. The highest BCUT2D eigenvalue weighted by atomic mass is 19.4. The SMILES string of the molecule is CCCOc1ccc(NC(C)C(=O)Nc2ccccc2C(F)(F)F)cc1OCCC. The first-order valence-corrected chi connectivity index (χ1v) is 9.89. The summed E-state index contributed by atoms with van der Waals surface area (Å²) < 4.78 is 50.8. The molecule has 0 aliphatic carbocycles. The second-order valence-corrected chi connectivity index (χ2v) is 6.76. The molecule has 164 valence electrons. The van der Waals surface area contributed by atoms with Crippen LogP contribution in [-0.2, 0) is 11.0 Å². The van der Waals surface area contributed by atoms with E-state index < -0.39 is 23.7 Å². The third-order valence-corrected chi connectivity index (χ3v) is 4.13. The van der Waals surface area contributed by atoms with Gasteiger partial charge in [-0.1, -0.05) is 26.0 Å². The fourth-order valence-electron chi connectivity index (χ4n) is 2.65. The Morgan fingerprint density at radius 2 is 1.63 bits per heavy atom.